The molecule has 4 rings (SSSR count). The molecule has 0 bridgehead atoms. The van der Waals surface area contributed by atoms with Crippen molar-refractivity contribution in [1.82, 2.24) is 15.2 Å². The molecule has 0 aliphatic carbocycles. The van der Waals surface area contributed by atoms with Gasteiger partial charge in [0.1, 0.15) is 0 Å². The monoisotopic (exact) mass is 450 g/mol. The highest BCUT2D eigenvalue weighted by Crippen LogP contribution is 2.43. The number of anilines is 1. The number of thiocarbonyl (C=S) groups is 1. The Kier molecular flexibility index (Phi) is 5.95. The van der Waals surface area contributed by atoms with Crippen molar-refractivity contribution in [3.63, 3.8) is 0 Å². The van der Waals surface area contributed by atoms with E-state index in [2.05, 4.69) is 72.2 Å². The molecule has 2 aliphatic heterocycles. The molecule has 1 N–H and O–H groups in total. The van der Waals surface area contributed by atoms with Gasteiger partial charge in [-0.25, -0.2) is 0 Å². The van der Waals surface area contributed by atoms with E-state index in [4.69, 9.17) is 17.0 Å². The molecule has 1 aromatic heterocycles. The molecule has 168 valence electrons. The minimum atomic E-state index is -0.249. The van der Waals surface area contributed by atoms with Gasteiger partial charge >= 0.3 is 5.97 Å². The van der Waals surface area contributed by atoms with Crippen molar-refractivity contribution < 1.29 is 9.53 Å². The number of aromatic nitrogens is 1. The van der Waals surface area contributed by atoms with Crippen molar-refractivity contribution in [2.75, 3.05) is 25.6 Å². The number of esters is 1. The van der Waals surface area contributed by atoms with E-state index in [1.807, 2.05) is 18.2 Å². The summed E-state index contributed by atoms with van der Waals surface area (Å²) in [6.45, 7) is 7.09. The first-order valence-electron chi connectivity index (χ1n) is 10.9. The van der Waals surface area contributed by atoms with Gasteiger partial charge in [0.25, 0.3) is 0 Å². The van der Waals surface area contributed by atoms with E-state index in [0.717, 1.165) is 11.3 Å². The summed E-state index contributed by atoms with van der Waals surface area (Å²) in [5.74, 6) is -0.249. The molecule has 1 saturated heterocycles. The lowest BCUT2D eigenvalue weighted by Crippen LogP contribution is -2.42. The quantitative estimate of drug-likeness (QED) is 0.540. The minimum Gasteiger partial charge on any atom is -0.469 e. The topological polar surface area (TPSA) is 57.7 Å². The summed E-state index contributed by atoms with van der Waals surface area (Å²) in [6.07, 6.45) is 4.37. The zero-order chi connectivity index (χ0) is 23.0. The van der Waals surface area contributed by atoms with Crippen molar-refractivity contribution in [3.8, 4) is 0 Å². The van der Waals surface area contributed by atoms with E-state index >= 15 is 0 Å². The van der Waals surface area contributed by atoms with Crippen LogP contribution in [0.5, 0.6) is 0 Å². The predicted molar refractivity (Wildman–Crippen MR) is 131 cm³/mol. The molecule has 3 heterocycles. The highest BCUT2D eigenvalue weighted by molar-refractivity contribution is 7.80. The Balaban J connectivity index is 1.77. The third-order valence-electron chi connectivity index (χ3n) is 6.56. The van der Waals surface area contributed by atoms with Crippen molar-refractivity contribution in [2.45, 2.75) is 44.8 Å². The number of ether oxygens (including phenoxy) is 1. The summed E-state index contributed by atoms with van der Waals surface area (Å²) in [6, 6.07) is 12.3. The summed E-state index contributed by atoms with van der Waals surface area (Å²) in [7, 11) is 3.54. The van der Waals surface area contributed by atoms with Gasteiger partial charge in [0.05, 0.1) is 36.8 Å². The number of carbonyl (C=O) groups is 1. The minimum absolute atomic E-state index is 0.0435. The summed E-state index contributed by atoms with van der Waals surface area (Å²) >= 11 is 5.69. The lowest BCUT2D eigenvalue weighted by Gasteiger charge is -2.41. The van der Waals surface area contributed by atoms with Crippen LogP contribution >= 0.6 is 12.2 Å². The number of benzene rings is 1. The van der Waals surface area contributed by atoms with Crippen molar-refractivity contribution in [1.29, 1.82) is 0 Å². The SMILES string of the molecule is COC(=O)CCN1C(=S)NC(c2ccccn2)C1c1ccc2c(c1)C(C)=CC(C)(C)N2C. The van der Waals surface area contributed by atoms with Crippen LogP contribution in [0.25, 0.3) is 5.57 Å². The number of likely N-dealkylation sites (N-methyl/N-ethyl adjacent to an activating group) is 1. The Hall–Kier alpha value is -2.93. The number of methoxy groups -OCH3 is 1. The first-order chi connectivity index (χ1) is 15.2. The van der Waals surface area contributed by atoms with Crippen LogP contribution in [0, 0.1) is 0 Å². The Morgan fingerprint density at radius 3 is 2.75 bits per heavy atom. The summed E-state index contributed by atoms with van der Waals surface area (Å²) in [4.78, 5) is 20.8. The maximum atomic E-state index is 11.9. The number of hydrogen-bond donors (Lipinski definition) is 1. The van der Waals surface area contributed by atoms with Crippen molar-refractivity contribution in [3.05, 3.63) is 65.5 Å². The molecular weight excluding hydrogens is 420 g/mol. The lowest BCUT2D eigenvalue weighted by molar-refractivity contribution is -0.140. The van der Waals surface area contributed by atoms with Crippen LogP contribution in [-0.4, -0.2) is 47.2 Å². The largest absolute Gasteiger partial charge is 0.469 e. The number of fused-ring (bicyclic) bond motifs is 1. The summed E-state index contributed by atoms with van der Waals surface area (Å²) < 4.78 is 4.86. The van der Waals surface area contributed by atoms with E-state index in [9.17, 15) is 4.79 Å². The highest BCUT2D eigenvalue weighted by atomic mass is 32.1. The van der Waals surface area contributed by atoms with E-state index in [1.54, 1.807) is 6.20 Å². The molecule has 2 aromatic rings. The molecule has 2 atom stereocenters. The second kappa shape index (κ2) is 8.54. The molecule has 6 nitrogen and oxygen atoms in total. The fraction of sp³-hybridized carbons (Fsp3) is 0.400. The van der Waals surface area contributed by atoms with Gasteiger partial charge in [-0.15, -0.1) is 0 Å². The number of carbonyl (C=O) groups excluding carboxylic acids is 1. The molecular formula is C25H30N4O2S. The zero-order valence-corrected chi connectivity index (χ0v) is 20.1. The number of nitrogens with one attached hydrogen (secondary N) is 1. The highest BCUT2D eigenvalue weighted by Gasteiger charge is 2.40. The Bertz CT molecular complexity index is 1070. The third-order valence-corrected chi connectivity index (χ3v) is 6.92. The number of allylic oxidation sites excluding steroid dienone is 1. The number of rotatable bonds is 5. The van der Waals surface area contributed by atoms with Crippen LogP contribution in [0.4, 0.5) is 5.69 Å². The van der Waals surface area contributed by atoms with Gasteiger partial charge in [0.15, 0.2) is 5.11 Å². The van der Waals surface area contributed by atoms with Crippen LogP contribution in [0.2, 0.25) is 0 Å². The molecule has 2 unspecified atom stereocenters. The maximum Gasteiger partial charge on any atom is 0.307 e. The van der Waals surface area contributed by atoms with Gasteiger partial charge in [-0.2, -0.15) is 0 Å². The van der Waals surface area contributed by atoms with Crippen molar-refractivity contribution in [2.24, 2.45) is 0 Å². The fourth-order valence-electron chi connectivity index (χ4n) is 4.68. The zero-order valence-electron chi connectivity index (χ0n) is 19.3. The van der Waals surface area contributed by atoms with Crippen LogP contribution in [0.15, 0.2) is 48.7 Å². The molecule has 1 aromatic carbocycles. The van der Waals surface area contributed by atoms with E-state index in [-0.39, 0.29) is 30.0 Å². The number of nitrogens with zero attached hydrogens (tertiary/aromatic N) is 3. The van der Waals surface area contributed by atoms with E-state index in [1.165, 1.54) is 23.9 Å². The Morgan fingerprint density at radius 1 is 1.28 bits per heavy atom. The van der Waals surface area contributed by atoms with Gasteiger partial charge in [-0.05, 0) is 68.4 Å². The second-order valence-electron chi connectivity index (χ2n) is 8.96. The molecule has 0 amide bonds. The van der Waals surface area contributed by atoms with Crippen molar-refractivity contribution >= 4 is 34.6 Å². The Morgan fingerprint density at radius 2 is 2.06 bits per heavy atom. The predicted octanol–water partition coefficient (Wildman–Crippen LogP) is 4.25. The first kappa shape index (κ1) is 22.3. The number of pyridine rings is 1. The third kappa shape index (κ3) is 3.97. The molecule has 0 radical (unpaired) electrons. The van der Waals surface area contributed by atoms with Crippen LogP contribution in [-0.2, 0) is 9.53 Å². The molecule has 0 saturated carbocycles. The molecule has 2 aliphatic rings. The first-order valence-corrected chi connectivity index (χ1v) is 11.3. The van der Waals surface area contributed by atoms with E-state index in [0.29, 0.717) is 11.7 Å². The van der Waals surface area contributed by atoms with Crippen LogP contribution < -0.4 is 10.2 Å². The second-order valence-corrected chi connectivity index (χ2v) is 9.35. The Labute approximate surface area is 195 Å². The average Bonchev–Trinajstić information content (AvgIpc) is 3.12. The average molecular weight is 451 g/mol. The molecule has 32 heavy (non-hydrogen) atoms. The summed E-state index contributed by atoms with van der Waals surface area (Å²) in [5, 5.41) is 4.06. The number of hydrogen-bond acceptors (Lipinski definition) is 5. The fourth-order valence-corrected chi connectivity index (χ4v) is 5.02. The standard InChI is InChI=1S/C25H30N4O2S/c1-16-15-25(2,3)28(4)20-10-9-17(14-18(16)20)23-22(19-8-6-7-12-26-19)27-24(32)29(23)13-11-21(30)31-5/h6-10,12,14-15,22-23H,11,13H2,1-5H3,(H,27,32). The summed E-state index contributed by atoms with van der Waals surface area (Å²) in [5.41, 5.74) is 5.70. The van der Waals surface area contributed by atoms with Gasteiger partial charge in [0.2, 0.25) is 0 Å². The molecule has 0 spiro atoms. The van der Waals surface area contributed by atoms with Gasteiger partial charge < -0.3 is 19.9 Å². The lowest BCUT2D eigenvalue weighted by atomic mass is 9.86. The van der Waals surface area contributed by atoms with Gasteiger partial charge in [-0.3, -0.25) is 9.78 Å². The smallest absolute Gasteiger partial charge is 0.307 e. The van der Waals surface area contributed by atoms with Gasteiger partial charge in [0, 0.05) is 31.0 Å². The van der Waals surface area contributed by atoms with Crippen LogP contribution in [0.3, 0.4) is 0 Å². The van der Waals surface area contributed by atoms with Crippen LogP contribution in [0.1, 0.15) is 56.1 Å². The molecule has 1 fully saturated rings. The molecule has 7 heteroatoms. The van der Waals surface area contributed by atoms with E-state index < -0.39 is 0 Å². The normalized spacial score (nSPS) is 21.7. The maximum absolute atomic E-state index is 11.9. The van der Waals surface area contributed by atoms with Gasteiger partial charge in [-0.1, -0.05) is 18.2 Å².